The van der Waals surface area contributed by atoms with Crippen LogP contribution in [0.25, 0.3) is 0 Å². The van der Waals surface area contributed by atoms with Gasteiger partial charge in [-0.3, -0.25) is 4.79 Å². The summed E-state index contributed by atoms with van der Waals surface area (Å²) in [6.45, 7) is 4.96. The first-order chi connectivity index (χ1) is 21.2. The third-order valence-corrected chi connectivity index (χ3v) is 6.42. The number of aliphatic hydroxyl groups is 1. The van der Waals surface area contributed by atoms with E-state index in [4.69, 9.17) is 9.47 Å². The highest BCUT2D eigenvalue weighted by atomic mass is 16.6. The molecule has 0 amide bonds. The van der Waals surface area contributed by atoms with E-state index in [2.05, 4.69) is 105 Å². The second kappa shape index (κ2) is 35.5. The van der Waals surface area contributed by atoms with Gasteiger partial charge in [0.05, 0.1) is 13.2 Å². The molecular formula is C39H62O4. The van der Waals surface area contributed by atoms with E-state index in [1.807, 2.05) is 6.08 Å². The molecule has 0 saturated carbocycles. The van der Waals surface area contributed by atoms with Crippen molar-refractivity contribution in [3.63, 3.8) is 0 Å². The molecule has 1 atom stereocenters. The topological polar surface area (TPSA) is 55.8 Å². The van der Waals surface area contributed by atoms with Crippen LogP contribution in [0.5, 0.6) is 0 Å². The molecule has 1 unspecified atom stereocenters. The van der Waals surface area contributed by atoms with Crippen molar-refractivity contribution in [3.05, 3.63) is 97.2 Å². The van der Waals surface area contributed by atoms with Gasteiger partial charge in [-0.15, -0.1) is 0 Å². The molecule has 0 bridgehead atoms. The van der Waals surface area contributed by atoms with E-state index < -0.39 is 6.10 Å². The van der Waals surface area contributed by atoms with E-state index in [1.54, 1.807) is 0 Å². The Morgan fingerprint density at radius 3 is 1.47 bits per heavy atom. The van der Waals surface area contributed by atoms with Crippen molar-refractivity contribution in [1.29, 1.82) is 0 Å². The third kappa shape index (κ3) is 33.7. The highest BCUT2D eigenvalue weighted by Crippen LogP contribution is 2.07. The fraction of sp³-hybridized carbons (Fsp3) is 0.564. The summed E-state index contributed by atoms with van der Waals surface area (Å²) in [6, 6.07) is 0. The second-order valence-electron chi connectivity index (χ2n) is 10.5. The van der Waals surface area contributed by atoms with Gasteiger partial charge in [0.25, 0.3) is 0 Å². The van der Waals surface area contributed by atoms with Crippen molar-refractivity contribution >= 4 is 5.97 Å². The zero-order valence-corrected chi connectivity index (χ0v) is 27.4. The van der Waals surface area contributed by atoms with E-state index in [0.29, 0.717) is 19.4 Å². The lowest BCUT2D eigenvalue weighted by Crippen LogP contribution is -2.27. The maximum Gasteiger partial charge on any atom is 0.306 e. The lowest BCUT2D eigenvalue weighted by Gasteiger charge is -2.15. The Morgan fingerprint density at radius 2 is 0.977 bits per heavy atom. The fourth-order valence-corrected chi connectivity index (χ4v) is 3.98. The molecule has 4 nitrogen and oxygen atoms in total. The lowest BCUT2D eigenvalue weighted by atomic mass is 10.1. The van der Waals surface area contributed by atoms with Crippen LogP contribution in [0.15, 0.2) is 97.2 Å². The normalized spacial score (nSPS) is 13.7. The van der Waals surface area contributed by atoms with Gasteiger partial charge in [0.1, 0.15) is 6.10 Å². The van der Waals surface area contributed by atoms with E-state index >= 15 is 0 Å². The summed E-state index contributed by atoms with van der Waals surface area (Å²) >= 11 is 0. The van der Waals surface area contributed by atoms with Gasteiger partial charge < -0.3 is 14.6 Å². The zero-order valence-electron chi connectivity index (χ0n) is 27.4. The van der Waals surface area contributed by atoms with Crippen LogP contribution in [-0.2, 0) is 14.3 Å². The molecule has 0 aliphatic carbocycles. The third-order valence-electron chi connectivity index (χ3n) is 6.42. The Kier molecular flexibility index (Phi) is 33.3. The molecule has 0 spiro atoms. The predicted octanol–water partition coefficient (Wildman–Crippen LogP) is 10.6. The van der Waals surface area contributed by atoms with Gasteiger partial charge in [-0.05, 0) is 77.0 Å². The van der Waals surface area contributed by atoms with Gasteiger partial charge in [-0.1, -0.05) is 130 Å². The van der Waals surface area contributed by atoms with Crippen molar-refractivity contribution in [2.75, 3.05) is 19.8 Å². The van der Waals surface area contributed by atoms with Gasteiger partial charge in [0.2, 0.25) is 0 Å². The maximum absolute atomic E-state index is 12.1. The van der Waals surface area contributed by atoms with E-state index in [-0.39, 0.29) is 19.2 Å². The molecule has 0 aliphatic heterocycles. The molecule has 0 heterocycles. The molecule has 4 heteroatoms. The Labute approximate surface area is 264 Å². The van der Waals surface area contributed by atoms with Crippen LogP contribution in [0, 0.1) is 0 Å². The fourth-order valence-electron chi connectivity index (χ4n) is 3.98. The summed E-state index contributed by atoms with van der Waals surface area (Å²) in [5.41, 5.74) is 0. The molecule has 43 heavy (non-hydrogen) atoms. The lowest BCUT2D eigenvalue weighted by molar-refractivity contribution is -0.154. The SMILES string of the molecule is CC/C=C\C/C=C\C/C=C\C/C=C\CCCCCCCOCC(CO)OC(=O)CC/C=C\C/C=C\C/C=C\C/C=C\CC. The first-order valence-electron chi connectivity index (χ1n) is 16.8. The summed E-state index contributed by atoms with van der Waals surface area (Å²) in [5, 5.41) is 9.52. The highest BCUT2D eigenvalue weighted by molar-refractivity contribution is 5.69. The van der Waals surface area contributed by atoms with Crippen molar-refractivity contribution in [2.24, 2.45) is 0 Å². The molecule has 0 aliphatic rings. The molecule has 0 fully saturated rings. The van der Waals surface area contributed by atoms with Crippen LogP contribution in [0.2, 0.25) is 0 Å². The van der Waals surface area contributed by atoms with Crippen molar-refractivity contribution < 1.29 is 19.4 Å². The van der Waals surface area contributed by atoms with Gasteiger partial charge in [0, 0.05) is 13.0 Å². The van der Waals surface area contributed by atoms with E-state index in [0.717, 1.165) is 70.6 Å². The smallest absolute Gasteiger partial charge is 0.306 e. The molecule has 242 valence electrons. The molecule has 0 saturated heterocycles. The first-order valence-corrected chi connectivity index (χ1v) is 16.8. The number of hydrogen-bond donors (Lipinski definition) is 1. The Bertz CT molecular complexity index is 841. The zero-order chi connectivity index (χ0) is 31.3. The molecule has 0 radical (unpaired) electrons. The van der Waals surface area contributed by atoms with Crippen LogP contribution in [-0.4, -0.2) is 37.0 Å². The largest absolute Gasteiger partial charge is 0.457 e. The number of allylic oxidation sites excluding steroid dienone is 16. The summed E-state index contributed by atoms with van der Waals surface area (Å²) in [7, 11) is 0. The number of esters is 1. The van der Waals surface area contributed by atoms with Gasteiger partial charge in [0.15, 0.2) is 0 Å². The summed E-state index contributed by atoms with van der Waals surface area (Å²) in [6.07, 6.45) is 50.2. The quantitative estimate of drug-likeness (QED) is 0.0532. The maximum atomic E-state index is 12.1. The summed E-state index contributed by atoms with van der Waals surface area (Å²) in [5.74, 6) is -0.293. The van der Waals surface area contributed by atoms with E-state index in [1.165, 1.54) is 19.3 Å². The Balaban J connectivity index is 3.64. The minimum absolute atomic E-state index is 0.215. The number of carbonyl (C=O) groups is 1. The number of ether oxygens (including phenoxy) is 2. The molecule has 0 aromatic carbocycles. The van der Waals surface area contributed by atoms with Crippen LogP contribution >= 0.6 is 0 Å². The van der Waals surface area contributed by atoms with Crippen LogP contribution in [0.1, 0.15) is 117 Å². The number of aliphatic hydroxyl groups excluding tert-OH is 1. The number of hydrogen-bond acceptors (Lipinski definition) is 4. The molecule has 1 N–H and O–H groups in total. The Hall–Kier alpha value is -2.69. The van der Waals surface area contributed by atoms with Crippen LogP contribution in [0.4, 0.5) is 0 Å². The van der Waals surface area contributed by atoms with Crippen molar-refractivity contribution in [3.8, 4) is 0 Å². The van der Waals surface area contributed by atoms with Crippen molar-refractivity contribution in [2.45, 2.75) is 123 Å². The minimum atomic E-state index is -0.587. The van der Waals surface area contributed by atoms with Crippen LogP contribution in [0.3, 0.4) is 0 Å². The predicted molar refractivity (Wildman–Crippen MR) is 186 cm³/mol. The van der Waals surface area contributed by atoms with Crippen molar-refractivity contribution in [1.82, 2.24) is 0 Å². The molecule has 0 aromatic heterocycles. The minimum Gasteiger partial charge on any atom is -0.457 e. The standard InChI is InChI=1S/C39H62O4/c1-3-5-7-9-11-13-15-17-18-19-20-21-23-25-27-29-31-33-35-42-37-38(36-40)43-39(41)34-32-30-28-26-24-22-16-14-12-10-8-6-4-2/h5-8,11-14,17-18,20-22,24,28,30,38,40H,3-4,9-10,15-16,19,23,25-27,29,31-37H2,1-2H3/b7-5-,8-6-,13-11-,14-12-,18-17-,21-20-,24-22-,30-28-. The average molecular weight is 595 g/mol. The summed E-state index contributed by atoms with van der Waals surface area (Å²) < 4.78 is 11.0. The average Bonchev–Trinajstić information content (AvgIpc) is 3.01. The summed E-state index contributed by atoms with van der Waals surface area (Å²) in [4.78, 5) is 12.1. The molecular weight excluding hydrogens is 532 g/mol. The number of unbranched alkanes of at least 4 members (excludes halogenated alkanes) is 5. The van der Waals surface area contributed by atoms with E-state index in [9.17, 15) is 9.90 Å². The second-order valence-corrected chi connectivity index (χ2v) is 10.5. The molecule has 0 aromatic rings. The number of rotatable bonds is 29. The number of carbonyl (C=O) groups excluding carboxylic acids is 1. The first kappa shape index (κ1) is 40.3. The van der Waals surface area contributed by atoms with Gasteiger partial charge >= 0.3 is 5.97 Å². The van der Waals surface area contributed by atoms with Gasteiger partial charge in [-0.25, -0.2) is 0 Å². The molecule has 0 rings (SSSR count). The van der Waals surface area contributed by atoms with Gasteiger partial charge in [-0.2, -0.15) is 0 Å². The highest BCUT2D eigenvalue weighted by Gasteiger charge is 2.13. The monoisotopic (exact) mass is 594 g/mol. The van der Waals surface area contributed by atoms with Crippen LogP contribution < -0.4 is 0 Å². The Morgan fingerprint density at radius 1 is 0.558 bits per heavy atom.